The number of aromatic hydroxyl groups is 1. The fourth-order valence-corrected chi connectivity index (χ4v) is 9.87. The Labute approximate surface area is 417 Å². The number of nitrogens with one attached hydrogen (secondary N) is 1. The van der Waals surface area contributed by atoms with Crippen LogP contribution in [0.25, 0.3) is 33.0 Å². The Kier molecular flexibility index (Phi) is 16.4. The predicted octanol–water partition coefficient (Wildman–Crippen LogP) is 5.72. The first kappa shape index (κ1) is 53.7. The van der Waals surface area contributed by atoms with E-state index in [1.807, 2.05) is 12.1 Å². The number of carbonyl (C=O) groups excluding carboxylic acids is 3. The van der Waals surface area contributed by atoms with E-state index in [-0.39, 0.29) is 50.0 Å². The summed E-state index contributed by atoms with van der Waals surface area (Å²) < 4.78 is 35.6. The number of carbonyl (C=O) groups is 3. The quantitative estimate of drug-likeness (QED) is 0.0534. The van der Waals surface area contributed by atoms with E-state index in [0.29, 0.717) is 17.0 Å². The molecule has 0 saturated carbocycles. The fraction of sp³-hybridized carbons (Fsp3) is 0.528. The summed E-state index contributed by atoms with van der Waals surface area (Å²) in [4.78, 5) is 66.2. The van der Waals surface area contributed by atoms with Crippen molar-refractivity contribution in [3.63, 3.8) is 0 Å². The molecule has 3 aliphatic rings. The van der Waals surface area contributed by atoms with Crippen molar-refractivity contribution in [3.8, 4) is 11.5 Å². The van der Waals surface area contributed by atoms with E-state index < -0.39 is 102 Å². The minimum atomic E-state index is -2.11. The van der Waals surface area contributed by atoms with Crippen LogP contribution in [0.15, 0.2) is 63.6 Å². The SMILES string of the molecule is CO[C@H]1/C=C/O[C@@]2(C)Oc3c(C)c(=O)c4c(O)c(c5oc6cc(N7CCN(CC(C)C)CC7)ccc6nc5c4c3C2=O)NC(=O)/C(C)=C\C=C\[C@H](C)[C@H](O)[C@@H](C)[C@@H](O)[C@@H](C)[C@H](OC(=O)OCC(O)CO)[C@@H]1C. The number of aliphatic hydroxyl groups excluding tert-OH is 4. The molecule has 1 fully saturated rings. The lowest BCUT2D eigenvalue weighted by Gasteiger charge is -2.37. The average Bonchev–Trinajstić information content (AvgIpc) is 3.62. The van der Waals surface area contributed by atoms with Crippen LogP contribution in [0.3, 0.4) is 0 Å². The number of anilines is 2. The largest absolute Gasteiger partial charge is 0.508 e. The van der Waals surface area contributed by atoms with Crippen LogP contribution in [0.2, 0.25) is 0 Å². The van der Waals surface area contributed by atoms with Gasteiger partial charge in [0.25, 0.3) is 11.7 Å². The molecule has 0 aliphatic carbocycles. The number of aromatic nitrogens is 1. The van der Waals surface area contributed by atoms with E-state index >= 15 is 0 Å². The molecule has 6 N–H and O–H groups in total. The molecule has 19 nitrogen and oxygen atoms in total. The average molecular weight is 1000 g/mol. The monoisotopic (exact) mass is 1000 g/mol. The number of fused-ring (bicyclic) bond motifs is 2. The second kappa shape index (κ2) is 21.9. The molecular weight excluding hydrogens is 933 g/mol. The van der Waals surface area contributed by atoms with Crippen LogP contribution >= 0.6 is 0 Å². The zero-order valence-corrected chi connectivity index (χ0v) is 42.5. The molecule has 7 rings (SSSR count). The third-order valence-electron chi connectivity index (χ3n) is 14.2. The number of allylic oxidation sites excluding steroid dienone is 2. The van der Waals surface area contributed by atoms with Crippen molar-refractivity contribution in [2.75, 3.05) is 63.3 Å². The number of amides is 1. The summed E-state index contributed by atoms with van der Waals surface area (Å²) in [6.45, 7) is 18.4. The van der Waals surface area contributed by atoms with Gasteiger partial charge in [0, 0.05) is 98.7 Å². The molecule has 4 heterocycles. The van der Waals surface area contributed by atoms with Gasteiger partial charge in [-0.05, 0) is 38.0 Å². The standard InChI is InChI=1S/C53H68N4O15/c1-26(2)23-56-17-19-57(20-18-56)33-14-15-35-37(22-33)70-49-41(54-35)38-39-45(62)32(8)48-40(38)50(64)53(9,72-48)69-21-16-36(67-10)29(5)47(71-52(66)68-25-34(59)24-58)31(7)44(61)30(6)43(60)27(3)12-11-13-28(4)51(65)55-42(49)46(39)63/h11-16,21-22,26-27,29-31,34,36,43-44,47,58-61,63H,17-20,23-25H2,1-10H3,(H,55,65)/b12-11+,21-16+,28-13-/t27-,29+,30+,31+,34?,36-,43-,44+,47+,53-/m0/s1. The number of hydrogen-bond acceptors (Lipinski definition) is 18. The smallest absolute Gasteiger partial charge is 0.505 e. The van der Waals surface area contributed by atoms with Crippen molar-refractivity contribution in [2.24, 2.45) is 29.6 Å². The van der Waals surface area contributed by atoms with Crippen molar-refractivity contribution in [2.45, 2.75) is 98.6 Å². The molecule has 1 aromatic heterocycles. The number of Topliss-reactive ketones (excluding diaryl/α,β-unsaturated/α-hetero) is 1. The number of hydrogen-bond donors (Lipinski definition) is 6. The van der Waals surface area contributed by atoms with E-state index in [1.165, 1.54) is 46.3 Å². The van der Waals surface area contributed by atoms with Gasteiger partial charge in [-0.2, -0.15) is 0 Å². The van der Waals surface area contributed by atoms with Gasteiger partial charge in [-0.25, -0.2) is 9.78 Å². The topological polar surface area (TPSA) is 260 Å². The second-order valence-electron chi connectivity index (χ2n) is 20.0. The number of aliphatic hydroxyl groups is 4. The van der Waals surface area contributed by atoms with Gasteiger partial charge in [-0.1, -0.05) is 59.8 Å². The Bertz CT molecular complexity index is 2850. The lowest BCUT2D eigenvalue weighted by molar-refractivity contribution is -0.112. The number of ether oxygens (including phenoxy) is 5. The number of phenols is 1. The summed E-state index contributed by atoms with van der Waals surface area (Å²) in [7, 11) is 1.39. The van der Waals surface area contributed by atoms with Crippen LogP contribution in [-0.2, 0) is 23.7 Å². The van der Waals surface area contributed by atoms with E-state index in [4.69, 9.17) is 33.1 Å². The first-order valence-electron chi connectivity index (χ1n) is 24.4. The van der Waals surface area contributed by atoms with Crippen LogP contribution < -0.4 is 20.4 Å². The van der Waals surface area contributed by atoms with Crippen LogP contribution in [0, 0.1) is 36.5 Å². The van der Waals surface area contributed by atoms with Crippen molar-refractivity contribution in [1.29, 1.82) is 0 Å². The van der Waals surface area contributed by atoms with E-state index in [1.54, 1.807) is 45.9 Å². The normalized spacial score (nSPS) is 28.9. The first-order valence-corrected chi connectivity index (χ1v) is 24.4. The van der Waals surface area contributed by atoms with Crippen molar-refractivity contribution in [3.05, 3.63) is 75.7 Å². The Morgan fingerprint density at radius 1 is 0.986 bits per heavy atom. The van der Waals surface area contributed by atoms with E-state index in [9.17, 15) is 44.7 Å². The number of rotatable bonds is 8. The highest BCUT2D eigenvalue weighted by atomic mass is 16.7. The number of ketones is 1. The highest BCUT2D eigenvalue weighted by Gasteiger charge is 2.50. The van der Waals surface area contributed by atoms with Gasteiger partial charge in [0.15, 0.2) is 22.3 Å². The van der Waals surface area contributed by atoms with Crippen LogP contribution in [0.5, 0.6) is 11.5 Å². The van der Waals surface area contributed by atoms with Gasteiger partial charge in [-0.15, -0.1) is 0 Å². The van der Waals surface area contributed by atoms with Crippen molar-refractivity contribution in [1.82, 2.24) is 9.88 Å². The number of benzene rings is 3. The zero-order valence-electron chi connectivity index (χ0n) is 42.5. The Balaban J connectivity index is 1.37. The van der Waals surface area contributed by atoms with Crippen molar-refractivity contribution >= 4 is 62.2 Å². The lowest BCUT2D eigenvalue weighted by Crippen LogP contribution is -2.47. The maximum Gasteiger partial charge on any atom is 0.508 e. The van der Waals surface area contributed by atoms with Gasteiger partial charge in [0.2, 0.25) is 0 Å². The molecular formula is C53H68N4O15. The lowest BCUT2D eigenvalue weighted by atomic mass is 9.78. The maximum absolute atomic E-state index is 14.9. The number of methoxy groups -OCH3 is 1. The predicted molar refractivity (Wildman–Crippen MR) is 269 cm³/mol. The summed E-state index contributed by atoms with van der Waals surface area (Å²) in [5, 5.41) is 57.0. The Morgan fingerprint density at radius 2 is 1.69 bits per heavy atom. The summed E-state index contributed by atoms with van der Waals surface area (Å²) >= 11 is 0. The zero-order chi connectivity index (χ0) is 52.5. The fourth-order valence-electron chi connectivity index (χ4n) is 9.87. The van der Waals surface area contributed by atoms with Gasteiger partial charge >= 0.3 is 11.9 Å². The molecule has 19 heteroatoms. The molecule has 0 radical (unpaired) electrons. The molecule has 1 unspecified atom stereocenters. The molecule has 390 valence electrons. The van der Waals surface area contributed by atoms with Gasteiger partial charge in [0.05, 0.1) is 42.1 Å². The minimum absolute atomic E-state index is 0.0151. The minimum Gasteiger partial charge on any atom is -0.505 e. The number of nitrogens with zero attached hydrogens (tertiary/aromatic N) is 3. The summed E-state index contributed by atoms with van der Waals surface area (Å²) in [6.07, 6.45) is 0.192. The third-order valence-corrected chi connectivity index (χ3v) is 14.2. The molecule has 0 spiro atoms. The molecule has 1 saturated heterocycles. The van der Waals surface area contributed by atoms with E-state index in [0.717, 1.165) is 38.4 Å². The molecule has 4 aromatic rings. The number of phenolic OH excluding ortho intramolecular Hbond substituents is 1. The number of piperazine rings is 1. The summed E-state index contributed by atoms with van der Waals surface area (Å²) in [5.74, 6) is -6.84. The maximum atomic E-state index is 14.9. The summed E-state index contributed by atoms with van der Waals surface area (Å²) in [6, 6.07) is 5.53. The Hall–Kier alpha value is -6.09. The van der Waals surface area contributed by atoms with Gasteiger partial charge in [-0.3, -0.25) is 19.3 Å². The molecule has 1 amide bonds. The Morgan fingerprint density at radius 3 is 2.36 bits per heavy atom. The highest BCUT2D eigenvalue weighted by Crippen LogP contribution is 2.48. The molecule has 3 aliphatic heterocycles. The van der Waals surface area contributed by atoms with E-state index in [2.05, 4.69) is 29.0 Å². The molecule has 10 atom stereocenters. The third kappa shape index (κ3) is 10.7. The highest BCUT2D eigenvalue weighted by molar-refractivity contribution is 6.26. The molecule has 72 heavy (non-hydrogen) atoms. The molecule has 3 aromatic carbocycles. The van der Waals surface area contributed by atoms with Crippen LogP contribution in [0.4, 0.5) is 16.2 Å². The van der Waals surface area contributed by atoms with Crippen LogP contribution in [-0.4, -0.2) is 143 Å². The van der Waals surface area contributed by atoms with Gasteiger partial charge < -0.3 is 63.9 Å². The molecule has 4 bridgehead atoms. The van der Waals surface area contributed by atoms with Crippen molar-refractivity contribution < 1.29 is 68.0 Å². The summed E-state index contributed by atoms with van der Waals surface area (Å²) in [5.41, 5.74) is 0.457. The first-order chi connectivity index (χ1) is 34.1. The van der Waals surface area contributed by atoms with Crippen LogP contribution in [0.1, 0.15) is 71.3 Å². The van der Waals surface area contributed by atoms with Gasteiger partial charge in [0.1, 0.15) is 41.3 Å². The second-order valence-corrected chi connectivity index (χ2v) is 20.0.